The average molecular weight is 305 g/mol. The van der Waals surface area contributed by atoms with Crippen molar-refractivity contribution < 1.29 is 19.1 Å². The maximum Gasteiger partial charge on any atom is 0.333 e. The SMILES string of the molecule is CCOC(=O)/C=C1\SCC(=O)N1CC(=O)c1ccccc1. The van der Waals surface area contributed by atoms with E-state index >= 15 is 0 Å². The minimum absolute atomic E-state index is 0.0684. The lowest BCUT2D eigenvalue weighted by atomic mass is 10.1. The Morgan fingerprint density at radius 3 is 2.71 bits per heavy atom. The molecule has 0 N–H and O–H groups in total. The number of carbonyl (C=O) groups excluding carboxylic acids is 3. The summed E-state index contributed by atoms with van der Waals surface area (Å²) in [5.74, 6) is -0.624. The third-order valence-corrected chi connectivity index (χ3v) is 3.86. The van der Waals surface area contributed by atoms with Gasteiger partial charge in [0.1, 0.15) is 0 Å². The van der Waals surface area contributed by atoms with Gasteiger partial charge in [-0.3, -0.25) is 14.5 Å². The fourth-order valence-corrected chi connectivity index (χ4v) is 2.77. The Morgan fingerprint density at radius 1 is 1.33 bits per heavy atom. The highest BCUT2D eigenvalue weighted by molar-refractivity contribution is 8.04. The maximum absolute atomic E-state index is 12.2. The number of esters is 1. The van der Waals surface area contributed by atoms with Crippen LogP contribution < -0.4 is 0 Å². The highest BCUT2D eigenvalue weighted by atomic mass is 32.2. The van der Waals surface area contributed by atoms with E-state index in [9.17, 15) is 14.4 Å². The molecule has 1 aromatic rings. The number of carbonyl (C=O) groups is 3. The molecule has 1 heterocycles. The number of hydrogen-bond donors (Lipinski definition) is 0. The lowest BCUT2D eigenvalue weighted by molar-refractivity contribution is -0.137. The predicted octanol–water partition coefficient (Wildman–Crippen LogP) is 1.85. The topological polar surface area (TPSA) is 63.7 Å². The molecule has 2 rings (SSSR count). The predicted molar refractivity (Wildman–Crippen MR) is 79.7 cm³/mol. The van der Waals surface area contributed by atoms with Gasteiger partial charge in [-0.2, -0.15) is 0 Å². The van der Waals surface area contributed by atoms with Crippen LogP contribution in [0.15, 0.2) is 41.4 Å². The molecule has 0 atom stereocenters. The fraction of sp³-hybridized carbons (Fsp3) is 0.267. The molecule has 1 fully saturated rings. The number of rotatable bonds is 5. The van der Waals surface area contributed by atoms with Crippen molar-refractivity contribution in [1.82, 2.24) is 4.90 Å². The number of amides is 1. The average Bonchev–Trinajstić information content (AvgIpc) is 2.81. The van der Waals surface area contributed by atoms with E-state index in [1.165, 1.54) is 22.7 Å². The summed E-state index contributed by atoms with van der Waals surface area (Å²) in [5.41, 5.74) is 0.540. The van der Waals surface area contributed by atoms with Gasteiger partial charge in [-0.25, -0.2) is 4.79 Å². The fourth-order valence-electron chi connectivity index (χ4n) is 1.84. The largest absolute Gasteiger partial charge is 0.463 e. The number of nitrogens with zero attached hydrogens (tertiary/aromatic N) is 1. The number of ether oxygens (including phenoxy) is 1. The van der Waals surface area contributed by atoms with E-state index < -0.39 is 5.97 Å². The van der Waals surface area contributed by atoms with Crippen LogP contribution in [0.1, 0.15) is 17.3 Å². The molecule has 1 aliphatic rings. The van der Waals surface area contributed by atoms with Gasteiger partial charge < -0.3 is 4.74 Å². The molecule has 5 nitrogen and oxygen atoms in total. The van der Waals surface area contributed by atoms with Crippen LogP contribution in [-0.2, 0) is 14.3 Å². The minimum atomic E-state index is -0.508. The maximum atomic E-state index is 12.2. The zero-order chi connectivity index (χ0) is 15.2. The molecule has 0 unspecified atom stereocenters. The van der Waals surface area contributed by atoms with Gasteiger partial charge in [0, 0.05) is 5.56 Å². The quantitative estimate of drug-likeness (QED) is 0.472. The van der Waals surface area contributed by atoms with Crippen LogP contribution in [-0.4, -0.2) is 41.5 Å². The molecule has 0 saturated carbocycles. The first-order valence-electron chi connectivity index (χ1n) is 6.51. The Balaban J connectivity index is 2.11. The Morgan fingerprint density at radius 2 is 2.05 bits per heavy atom. The van der Waals surface area contributed by atoms with Gasteiger partial charge in [-0.15, -0.1) is 0 Å². The van der Waals surface area contributed by atoms with Gasteiger partial charge >= 0.3 is 5.97 Å². The van der Waals surface area contributed by atoms with E-state index in [4.69, 9.17) is 4.74 Å². The van der Waals surface area contributed by atoms with Gasteiger partial charge in [0.15, 0.2) is 5.78 Å². The van der Waals surface area contributed by atoms with E-state index in [-0.39, 0.29) is 30.6 Å². The number of hydrogen-bond acceptors (Lipinski definition) is 5. The van der Waals surface area contributed by atoms with E-state index in [0.29, 0.717) is 10.6 Å². The molecule has 110 valence electrons. The van der Waals surface area contributed by atoms with Crippen molar-refractivity contribution in [3.05, 3.63) is 47.0 Å². The Bertz CT molecular complexity index is 583. The molecule has 0 bridgehead atoms. The van der Waals surface area contributed by atoms with Crippen molar-refractivity contribution in [2.24, 2.45) is 0 Å². The standard InChI is InChI=1S/C15H15NO4S/c1-2-20-15(19)8-14-16(13(18)10-21-14)9-12(17)11-6-4-3-5-7-11/h3-8H,2,9-10H2,1H3/b14-8-. The molecule has 6 heteroatoms. The van der Waals surface area contributed by atoms with Crippen molar-refractivity contribution in [2.45, 2.75) is 6.92 Å². The molecule has 0 radical (unpaired) electrons. The molecule has 1 aromatic carbocycles. The minimum Gasteiger partial charge on any atom is -0.463 e. The van der Waals surface area contributed by atoms with E-state index in [1.807, 2.05) is 6.07 Å². The molecule has 1 saturated heterocycles. The van der Waals surface area contributed by atoms with Crippen molar-refractivity contribution in [2.75, 3.05) is 18.9 Å². The summed E-state index contributed by atoms with van der Waals surface area (Å²) in [6.45, 7) is 1.91. The monoisotopic (exact) mass is 305 g/mol. The third-order valence-electron chi connectivity index (χ3n) is 2.84. The van der Waals surface area contributed by atoms with E-state index in [1.54, 1.807) is 31.2 Å². The number of thioether (sulfide) groups is 1. The molecule has 1 amide bonds. The summed E-state index contributed by atoms with van der Waals surface area (Å²) in [7, 11) is 0. The van der Waals surface area contributed by atoms with Gasteiger partial charge in [-0.05, 0) is 6.92 Å². The van der Waals surface area contributed by atoms with Crippen LogP contribution >= 0.6 is 11.8 Å². The Labute approximate surface area is 127 Å². The molecular formula is C15H15NO4S. The van der Waals surface area contributed by atoms with Crippen molar-refractivity contribution in [1.29, 1.82) is 0 Å². The van der Waals surface area contributed by atoms with Crippen molar-refractivity contribution in [3.8, 4) is 0 Å². The second kappa shape index (κ2) is 7.08. The van der Waals surface area contributed by atoms with Crippen LogP contribution in [0.2, 0.25) is 0 Å². The van der Waals surface area contributed by atoms with E-state index in [2.05, 4.69) is 0 Å². The summed E-state index contributed by atoms with van der Waals surface area (Å²) in [5, 5.41) is 0.461. The molecule has 0 spiro atoms. The Hall–Kier alpha value is -2.08. The van der Waals surface area contributed by atoms with E-state index in [0.717, 1.165) is 0 Å². The first-order chi connectivity index (χ1) is 10.1. The molecule has 0 aromatic heterocycles. The highest BCUT2D eigenvalue weighted by Gasteiger charge is 2.29. The lowest BCUT2D eigenvalue weighted by Crippen LogP contribution is -2.31. The second-order valence-corrected chi connectivity index (χ2v) is 5.29. The van der Waals surface area contributed by atoms with Crippen LogP contribution in [0.3, 0.4) is 0 Å². The molecule has 21 heavy (non-hydrogen) atoms. The third kappa shape index (κ3) is 3.95. The van der Waals surface area contributed by atoms with Gasteiger partial charge in [0.2, 0.25) is 5.91 Å². The summed E-state index contributed by atoms with van der Waals surface area (Å²) >= 11 is 1.23. The van der Waals surface area contributed by atoms with Crippen LogP contribution in [0.4, 0.5) is 0 Å². The first kappa shape index (κ1) is 15.3. The zero-order valence-corrected chi connectivity index (χ0v) is 12.4. The lowest BCUT2D eigenvalue weighted by Gasteiger charge is -2.15. The van der Waals surface area contributed by atoms with Crippen molar-refractivity contribution in [3.63, 3.8) is 0 Å². The summed E-state index contributed by atoms with van der Waals surface area (Å²) in [6, 6.07) is 8.75. The van der Waals surface area contributed by atoms with Crippen LogP contribution in [0, 0.1) is 0 Å². The smallest absolute Gasteiger partial charge is 0.333 e. The molecule has 0 aliphatic carbocycles. The second-order valence-electron chi connectivity index (χ2n) is 4.29. The van der Waals surface area contributed by atoms with Crippen LogP contribution in [0.5, 0.6) is 0 Å². The summed E-state index contributed by atoms with van der Waals surface area (Å²) < 4.78 is 4.83. The number of ketones is 1. The highest BCUT2D eigenvalue weighted by Crippen LogP contribution is 2.28. The summed E-state index contributed by atoms with van der Waals surface area (Å²) in [6.07, 6.45) is 1.26. The van der Waals surface area contributed by atoms with Crippen LogP contribution in [0.25, 0.3) is 0 Å². The van der Waals surface area contributed by atoms with Gasteiger partial charge in [0.25, 0.3) is 0 Å². The molecular weight excluding hydrogens is 290 g/mol. The molecule has 1 aliphatic heterocycles. The van der Waals surface area contributed by atoms with Crippen molar-refractivity contribution >= 4 is 29.4 Å². The normalized spacial score (nSPS) is 16.3. The Kier molecular flexibility index (Phi) is 5.16. The summed E-state index contributed by atoms with van der Waals surface area (Å²) in [4.78, 5) is 36.8. The zero-order valence-electron chi connectivity index (χ0n) is 11.6. The van der Waals surface area contributed by atoms with Gasteiger partial charge in [-0.1, -0.05) is 42.1 Å². The van der Waals surface area contributed by atoms with Gasteiger partial charge in [0.05, 0.1) is 30.0 Å². The first-order valence-corrected chi connectivity index (χ1v) is 7.50. The number of benzene rings is 1. The number of Topliss-reactive ketones (excluding diaryl/α,β-unsaturated/α-hetero) is 1.